The number of nitrogens with two attached hydrogens (primary N) is 1. The van der Waals surface area contributed by atoms with E-state index < -0.39 is 0 Å². The number of hydrogen-bond donors (Lipinski definition) is 2. The van der Waals surface area contributed by atoms with Gasteiger partial charge in [0.25, 0.3) is 0 Å². The van der Waals surface area contributed by atoms with Crippen molar-refractivity contribution in [1.29, 1.82) is 0 Å². The lowest BCUT2D eigenvalue weighted by Gasteiger charge is -2.21. The number of hydrazine groups is 1. The summed E-state index contributed by atoms with van der Waals surface area (Å²) >= 11 is 0. The van der Waals surface area contributed by atoms with Gasteiger partial charge in [-0.15, -0.1) is 0 Å². The summed E-state index contributed by atoms with van der Waals surface area (Å²) in [7, 11) is 0. The summed E-state index contributed by atoms with van der Waals surface area (Å²) in [5, 5.41) is 4.46. The monoisotopic (exact) mass is 238 g/mol. The molecular weight excluding hydrogens is 216 g/mol. The van der Waals surface area contributed by atoms with Crippen LogP contribution in [0.15, 0.2) is 6.07 Å². The Morgan fingerprint density at radius 2 is 2.53 bits per heavy atom. The van der Waals surface area contributed by atoms with E-state index in [0.717, 1.165) is 38.3 Å². The number of nitrogens with one attached hydrogen (secondary N) is 1. The molecule has 2 atom stereocenters. The minimum Gasteiger partial charge on any atom is -0.381 e. The minimum absolute atomic E-state index is 0.277. The Kier molecular flexibility index (Phi) is 4.15. The third-order valence-corrected chi connectivity index (χ3v) is 3.46. The second-order valence-corrected chi connectivity index (χ2v) is 4.69. The van der Waals surface area contributed by atoms with E-state index in [1.807, 2.05) is 6.92 Å². The summed E-state index contributed by atoms with van der Waals surface area (Å²) in [6, 6.07) is 2.42. The van der Waals surface area contributed by atoms with Crippen molar-refractivity contribution in [3.05, 3.63) is 17.5 Å². The Morgan fingerprint density at radius 1 is 1.71 bits per heavy atom. The van der Waals surface area contributed by atoms with E-state index in [4.69, 9.17) is 10.6 Å². The second-order valence-electron chi connectivity index (χ2n) is 4.69. The highest BCUT2D eigenvalue weighted by Gasteiger charge is 2.26. The SMILES string of the molecule is CCn1nc(C)cc1CC(NN)C1CCOC1. The van der Waals surface area contributed by atoms with Crippen LogP contribution in [-0.4, -0.2) is 29.0 Å². The van der Waals surface area contributed by atoms with Crippen LogP contribution in [-0.2, 0) is 17.7 Å². The van der Waals surface area contributed by atoms with Gasteiger partial charge in [-0.3, -0.25) is 16.0 Å². The molecule has 1 aliphatic heterocycles. The summed E-state index contributed by atoms with van der Waals surface area (Å²) in [5.41, 5.74) is 5.25. The van der Waals surface area contributed by atoms with E-state index in [2.05, 4.69) is 28.2 Å². The van der Waals surface area contributed by atoms with Crippen LogP contribution in [0, 0.1) is 12.8 Å². The maximum Gasteiger partial charge on any atom is 0.0596 e. The molecule has 96 valence electrons. The van der Waals surface area contributed by atoms with Crippen LogP contribution in [0.2, 0.25) is 0 Å². The molecular formula is C12H22N4O. The van der Waals surface area contributed by atoms with Crippen LogP contribution in [0.3, 0.4) is 0 Å². The average Bonchev–Trinajstić information content (AvgIpc) is 2.94. The number of aromatic nitrogens is 2. The molecule has 5 heteroatoms. The summed E-state index contributed by atoms with van der Waals surface area (Å²) < 4.78 is 7.47. The minimum atomic E-state index is 0.277. The molecule has 2 rings (SSSR count). The maximum absolute atomic E-state index is 5.66. The molecule has 2 unspecified atom stereocenters. The van der Waals surface area contributed by atoms with Gasteiger partial charge in [-0.25, -0.2) is 0 Å². The normalized spacial score (nSPS) is 21.9. The van der Waals surface area contributed by atoms with Crippen molar-refractivity contribution in [1.82, 2.24) is 15.2 Å². The van der Waals surface area contributed by atoms with Gasteiger partial charge in [0.2, 0.25) is 0 Å². The van der Waals surface area contributed by atoms with E-state index in [1.54, 1.807) is 0 Å². The van der Waals surface area contributed by atoms with Gasteiger partial charge < -0.3 is 4.74 Å². The molecule has 0 bridgehead atoms. The summed E-state index contributed by atoms with van der Waals surface area (Å²) in [6.07, 6.45) is 2.01. The molecule has 1 saturated heterocycles. The number of nitrogens with zero attached hydrogens (tertiary/aromatic N) is 2. The van der Waals surface area contributed by atoms with Crippen LogP contribution in [0.25, 0.3) is 0 Å². The summed E-state index contributed by atoms with van der Waals surface area (Å²) in [4.78, 5) is 0. The lowest BCUT2D eigenvalue weighted by atomic mass is 9.95. The molecule has 1 fully saturated rings. The lowest BCUT2D eigenvalue weighted by Crippen LogP contribution is -2.43. The molecule has 1 aliphatic rings. The molecule has 0 aromatic carbocycles. The summed E-state index contributed by atoms with van der Waals surface area (Å²) in [6.45, 7) is 6.71. The van der Waals surface area contributed by atoms with Crippen molar-refractivity contribution in [2.24, 2.45) is 11.8 Å². The topological polar surface area (TPSA) is 65.1 Å². The zero-order valence-corrected chi connectivity index (χ0v) is 10.6. The van der Waals surface area contributed by atoms with Gasteiger partial charge in [0.1, 0.15) is 0 Å². The van der Waals surface area contributed by atoms with Crippen LogP contribution < -0.4 is 11.3 Å². The Balaban J connectivity index is 2.06. The number of rotatable bonds is 5. The van der Waals surface area contributed by atoms with Crippen LogP contribution >= 0.6 is 0 Å². The van der Waals surface area contributed by atoms with Crippen molar-refractivity contribution < 1.29 is 4.74 Å². The van der Waals surface area contributed by atoms with Gasteiger partial charge >= 0.3 is 0 Å². The Bertz CT molecular complexity index is 357. The van der Waals surface area contributed by atoms with Gasteiger partial charge in [0.05, 0.1) is 12.3 Å². The first kappa shape index (κ1) is 12.5. The zero-order chi connectivity index (χ0) is 12.3. The van der Waals surface area contributed by atoms with E-state index in [-0.39, 0.29) is 6.04 Å². The van der Waals surface area contributed by atoms with E-state index in [0.29, 0.717) is 5.92 Å². The molecule has 0 aliphatic carbocycles. The lowest BCUT2D eigenvalue weighted by molar-refractivity contribution is 0.176. The van der Waals surface area contributed by atoms with Crippen molar-refractivity contribution >= 4 is 0 Å². The number of hydrogen-bond acceptors (Lipinski definition) is 4. The molecule has 0 saturated carbocycles. The quantitative estimate of drug-likeness (QED) is 0.583. The molecule has 1 aromatic rings. The standard InChI is InChI=1S/C12H22N4O/c1-3-16-11(6-9(2)15-16)7-12(14-13)10-4-5-17-8-10/h6,10,12,14H,3-5,7-8,13H2,1-2H3. The zero-order valence-electron chi connectivity index (χ0n) is 10.6. The highest BCUT2D eigenvalue weighted by Crippen LogP contribution is 2.19. The third-order valence-electron chi connectivity index (χ3n) is 3.46. The van der Waals surface area contributed by atoms with Crippen molar-refractivity contribution in [3.63, 3.8) is 0 Å². The first-order valence-electron chi connectivity index (χ1n) is 6.31. The smallest absolute Gasteiger partial charge is 0.0596 e. The predicted molar refractivity (Wildman–Crippen MR) is 66.4 cm³/mol. The average molecular weight is 238 g/mol. The number of ether oxygens (including phenoxy) is 1. The third kappa shape index (κ3) is 2.86. The largest absolute Gasteiger partial charge is 0.381 e. The van der Waals surface area contributed by atoms with Gasteiger partial charge in [-0.05, 0) is 26.3 Å². The van der Waals surface area contributed by atoms with Gasteiger partial charge in [-0.2, -0.15) is 5.10 Å². The first-order chi connectivity index (χ1) is 8.24. The molecule has 0 amide bonds. The molecule has 3 N–H and O–H groups in total. The van der Waals surface area contributed by atoms with Crippen LogP contribution in [0.1, 0.15) is 24.7 Å². The van der Waals surface area contributed by atoms with Crippen molar-refractivity contribution in [3.8, 4) is 0 Å². The fraction of sp³-hybridized carbons (Fsp3) is 0.750. The fourth-order valence-electron chi connectivity index (χ4n) is 2.49. The molecule has 17 heavy (non-hydrogen) atoms. The molecule has 2 heterocycles. The first-order valence-corrected chi connectivity index (χ1v) is 6.31. The van der Waals surface area contributed by atoms with Gasteiger partial charge in [-0.1, -0.05) is 0 Å². The van der Waals surface area contributed by atoms with Gasteiger partial charge in [0, 0.05) is 37.2 Å². The van der Waals surface area contributed by atoms with Gasteiger partial charge in [0.15, 0.2) is 0 Å². The highest BCUT2D eigenvalue weighted by molar-refractivity contribution is 5.11. The molecule has 5 nitrogen and oxygen atoms in total. The molecule has 1 aromatic heterocycles. The Morgan fingerprint density at radius 3 is 3.12 bits per heavy atom. The Labute approximate surface area is 102 Å². The maximum atomic E-state index is 5.66. The van der Waals surface area contributed by atoms with E-state index in [9.17, 15) is 0 Å². The second kappa shape index (κ2) is 5.62. The Hall–Kier alpha value is -0.910. The predicted octanol–water partition coefficient (Wildman–Crippen LogP) is 0.622. The van der Waals surface area contributed by atoms with E-state index in [1.165, 1.54) is 5.69 Å². The van der Waals surface area contributed by atoms with Crippen LogP contribution in [0.4, 0.5) is 0 Å². The van der Waals surface area contributed by atoms with Crippen LogP contribution in [0.5, 0.6) is 0 Å². The fourth-order valence-corrected chi connectivity index (χ4v) is 2.49. The van der Waals surface area contributed by atoms with Crippen molar-refractivity contribution in [2.45, 2.75) is 39.3 Å². The van der Waals surface area contributed by atoms with E-state index >= 15 is 0 Å². The molecule has 0 spiro atoms. The summed E-state index contributed by atoms with van der Waals surface area (Å²) in [5.74, 6) is 6.18. The van der Waals surface area contributed by atoms with Crippen molar-refractivity contribution in [2.75, 3.05) is 13.2 Å². The number of aryl methyl sites for hydroxylation is 2. The molecule has 0 radical (unpaired) electrons. The highest BCUT2D eigenvalue weighted by atomic mass is 16.5.